The molecule has 3 nitrogen and oxygen atoms in total. The minimum absolute atomic E-state index is 0.0854. The summed E-state index contributed by atoms with van der Waals surface area (Å²) in [6.45, 7) is 6.44. The number of carbonyl (C=O) groups is 1. The number of rotatable bonds is 7. The number of ether oxygens (including phenoxy) is 1. The van der Waals surface area contributed by atoms with Crippen molar-refractivity contribution in [1.82, 2.24) is 5.32 Å². The summed E-state index contributed by atoms with van der Waals surface area (Å²) in [5.41, 5.74) is 2.28. The Morgan fingerprint density at radius 1 is 1.13 bits per heavy atom. The van der Waals surface area contributed by atoms with Crippen molar-refractivity contribution in [2.24, 2.45) is 0 Å². The SMILES string of the molecule is Cc1ccc(SCCNC(=O)[C@@H](C)Oc2ccccc2C)cc1. The van der Waals surface area contributed by atoms with Gasteiger partial charge in [0.05, 0.1) is 0 Å². The van der Waals surface area contributed by atoms with Crippen LogP contribution in [-0.4, -0.2) is 24.3 Å². The van der Waals surface area contributed by atoms with Crippen LogP contribution in [0.4, 0.5) is 0 Å². The van der Waals surface area contributed by atoms with Crippen molar-refractivity contribution in [3.63, 3.8) is 0 Å². The van der Waals surface area contributed by atoms with Crippen LogP contribution >= 0.6 is 11.8 Å². The summed E-state index contributed by atoms with van der Waals surface area (Å²) >= 11 is 1.73. The van der Waals surface area contributed by atoms with Crippen LogP contribution in [0.25, 0.3) is 0 Å². The van der Waals surface area contributed by atoms with Gasteiger partial charge in [0, 0.05) is 17.2 Å². The van der Waals surface area contributed by atoms with Crippen LogP contribution in [0.15, 0.2) is 53.4 Å². The zero-order valence-electron chi connectivity index (χ0n) is 13.8. The fourth-order valence-electron chi connectivity index (χ4n) is 2.05. The number of carbonyl (C=O) groups excluding carboxylic acids is 1. The van der Waals surface area contributed by atoms with Crippen LogP contribution in [0.3, 0.4) is 0 Å². The van der Waals surface area contributed by atoms with Crippen LogP contribution < -0.4 is 10.1 Å². The molecule has 1 atom stereocenters. The number of aryl methyl sites for hydroxylation is 2. The largest absolute Gasteiger partial charge is 0.481 e. The number of hydrogen-bond donors (Lipinski definition) is 1. The van der Waals surface area contributed by atoms with Crippen LogP contribution in [0.1, 0.15) is 18.1 Å². The van der Waals surface area contributed by atoms with Gasteiger partial charge in [-0.1, -0.05) is 35.9 Å². The highest BCUT2D eigenvalue weighted by Crippen LogP contribution is 2.18. The van der Waals surface area contributed by atoms with Crippen LogP contribution in [0.2, 0.25) is 0 Å². The van der Waals surface area contributed by atoms with Crippen molar-refractivity contribution in [3.05, 3.63) is 59.7 Å². The molecule has 0 saturated carbocycles. The third-order valence-corrected chi connectivity index (χ3v) is 4.47. The van der Waals surface area contributed by atoms with Crippen molar-refractivity contribution >= 4 is 17.7 Å². The molecule has 0 radical (unpaired) electrons. The van der Waals surface area contributed by atoms with E-state index in [2.05, 4.69) is 36.5 Å². The van der Waals surface area contributed by atoms with E-state index in [-0.39, 0.29) is 5.91 Å². The van der Waals surface area contributed by atoms with E-state index in [1.807, 2.05) is 31.2 Å². The Bertz CT molecular complexity index is 640. The van der Waals surface area contributed by atoms with Gasteiger partial charge in [-0.3, -0.25) is 4.79 Å². The zero-order chi connectivity index (χ0) is 16.7. The van der Waals surface area contributed by atoms with Gasteiger partial charge in [0.1, 0.15) is 5.75 Å². The summed E-state index contributed by atoms with van der Waals surface area (Å²) in [7, 11) is 0. The number of benzene rings is 2. The van der Waals surface area contributed by atoms with Crippen molar-refractivity contribution in [2.75, 3.05) is 12.3 Å². The van der Waals surface area contributed by atoms with Gasteiger partial charge in [-0.25, -0.2) is 0 Å². The lowest BCUT2D eigenvalue weighted by Gasteiger charge is -2.16. The van der Waals surface area contributed by atoms with E-state index in [4.69, 9.17) is 4.74 Å². The van der Waals surface area contributed by atoms with Gasteiger partial charge in [-0.05, 0) is 44.5 Å². The molecule has 0 fully saturated rings. The Hall–Kier alpha value is -1.94. The normalized spacial score (nSPS) is 11.8. The molecule has 2 rings (SSSR count). The van der Waals surface area contributed by atoms with Crippen molar-refractivity contribution in [1.29, 1.82) is 0 Å². The Kier molecular flexibility index (Phi) is 6.53. The Morgan fingerprint density at radius 2 is 1.83 bits per heavy atom. The van der Waals surface area contributed by atoms with Gasteiger partial charge < -0.3 is 10.1 Å². The first kappa shape index (κ1) is 17.4. The van der Waals surface area contributed by atoms with Crippen molar-refractivity contribution in [2.45, 2.75) is 31.8 Å². The molecule has 0 spiro atoms. The molecule has 0 bridgehead atoms. The number of thioether (sulfide) groups is 1. The van der Waals surface area contributed by atoms with Gasteiger partial charge in [-0.2, -0.15) is 0 Å². The number of para-hydroxylation sites is 1. The number of nitrogens with one attached hydrogen (secondary N) is 1. The second-order valence-corrected chi connectivity index (χ2v) is 6.65. The lowest BCUT2D eigenvalue weighted by atomic mass is 10.2. The monoisotopic (exact) mass is 329 g/mol. The quantitative estimate of drug-likeness (QED) is 0.617. The van der Waals surface area contributed by atoms with Crippen LogP contribution in [-0.2, 0) is 4.79 Å². The van der Waals surface area contributed by atoms with Gasteiger partial charge in [0.15, 0.2) is 6.10 Å². The summed E-state index contributed by atoms with van der Waals surface area (Å²) in [6.07, 6.45) is -0.500. The number of hydrogen-bond acceptors (Lipinski definition) is 3. The lowest BCUT2D eigenvalue weighted by molar-refractivity contribution is -0.127. The van der Waals surface area contributed by atoms with E-state index >= 15 is 0 Å². The molecule has 23 heavy (non-hydrogen) atoms. The van der Waals surface area contributed by atoms with Gasteiger partial charge in [0.2, 0.25) is 0 Å². The molecular formula is C19H23NO2S. The fourth-order valence-corrected chi connectivity index (χ4v) is 2.82. The van der Waals surface area contributed by atoms with Gasteiger partial charge in [-0.15, -0.1) is 11.8 Å². The Morgan fingerprint density at radius 3 is 2.52 bits per heavy atom. The zero-order valence-corrected chi connectivity index (χ0v) is 14.7. The molecule has 0 aliphatic rings. The molecule has 0 aliphatic heterocycles. The third-order valence-electron chi connectivity index (χ3n) is 3.46. The van der Waals surface area contributed by atoms with Gasteiger partial charge >= 0.3 is 0 Å². The molecule has 1 amide bonds. The van der Waals surface area contributed by atoms with E-state index in [9.17, 15) is 4.79 Å². The highest BCUT2D eigenvalue weighted by Gasteiger charge is 2.14. The highest BCUT2D eigenvalue weighted by atomic mass is 32.2. The molecule has 0 aromatic heterocycles. The van der Waals surface area contributed by atoms with Crippen molar-refractivity contribution < 1.29 is 9.53 Å². The Balaban J connectivity index is 1.72. The first-order valence-corrected chi connectivity index (χ1v) is 8.74. The van der Waals surface area contributed by atoms with E-state index in [0.29, 0.717) is 6.54 Å². The maximum Gasteiger partial charge on any atom is 0.260 e. The standard InChI is InChI=1S/C19H23NO2S/c1-14-8-10-17(11-9-14)23-13-12-20-19(21)16(3)22-18-7-5-4-6-15(18)2/h4-11,16H,12-13H2,1-3H3,(H,20,21)/t16-/m1/s1. The molecule has 1 N–H and O–H groups in total. The number of amides is 1. The smallest absolute Gasteiger partial charge is 0.260 e. The molecule has 0 unspecified atom stereocenters. The topological polar surface area (TPSA) is 38.3 Å². The molecule has 122 valence electrons. The second-order valence-electron chi connectivity index (χ2n) is 5.48. The summed E-state index contributed by atoms with van der Waals surface area (Å²) in [5, 5.41) is 2.92. The lowest BCUT2D eigenvalue weighted by Crippen LogP contribution is -2.37. The summed E-state index contributed by atoms with van der Waals surface area (Å²) in [4.78, 5) is 13.3. The predicted molar refractivity (Wildman–Crippen MR) is 96.2 cm³/mol. The molecule has 2 aromatic rings. The van der Waals surface area contributed by atoms with E-state index in [0.717, 1.165) is 17.1 Å². The average molecular weight is 329 g/mol. The molecule has 0 aliphatic carbocycles. The van der Waals surface area contributed by atoms with Crippen LogP contribution in [0.5, 0.6) is 5.75 Å². The minimum atomic E-state index is -0.500. The highest BCUT2D eigenvalue weighted by molar-refractivity contribution is 7.99. The summed E-state index contributed by atoms with van der Waals surface area (Å²) in [5.74, 6) is 1.51. The molecule has 2 aromatic carbocycles. The molecular weight excluding hydrogens is 306 g/mol. The van der Waals surface area contributed by atoms with E-state index in [1.165, 1.54) is 10.5 Å². The maximum absolute atomic E-state index is 12.1. The second kappa shape index (κ2) is 8.63. The maximum atomic E-state index is 12.1. The summed E-state index contributed by atoms with van der Waals surface area (Å²) < 4.78 is 5.72. The average Bonchev–Trinajstić information content (AvgIpc) is 2.55. The van der Waals surface area contributed by atoms with E-state index < -0.39 is 6.10 Å². The van der Waals surface area contributed by atoms with E-state index in [1.54, 1.807) is 18.7 Å². The Labute approximate surface area is 142 Å². The first-order valence-electron chi connectivity index (χ1n) is 7.76. The molecule has 0 heterocycles. The fraction of sp³-hybridized carbons (Fsp3) is 0.316. The molecule has 4 heteroatoms. The minimum Gasteiger partial charge on any atom is -0.481 e. The van der Waals surface area contributed by atoms with Gasteiger partial charge in [0.25, 0.3) is 5.91 Å². The van der Waals surface area contributed by atoms with Crippen molar-refractivity contribution in [3.8, 4) is 5.75 Å². The first-order chi connectivity index (χ1) is 11.1. The third kappa shape index (κ3) is 5.64. The van der Waals surface area contributed by atoms with Crippen LogP contribution in [0, 0.1) is 13.8 Å². The predicted octanol–water partition coefficient (Wildman–Crippen LogP) is 3.98. The summed E-state index contributed by atoms with van der Waals surface area (Å²) in [6, 6.07) is 16.1. The molecule has 0 saturated heterocycles.